The van der Waals surface area contributed by atoms with Crippen LogP contribution in [-0.2, 0) is 11.2 Å². The molecule has 2 aromatic rings. The second-order valence-corrected chi connectivity index (χ2v) is 6.19. The third-order valence-electron chi connectivity index (χ3n) is 5.17. The van der Waals surface area contributed by atoms with Crippen LogP contribution in [0.2, 0.25) is 0 Å². The second-order valence-electron chi connectivity index (χ2n) is 6.19. The van der Waals surface area contributed by atoms with Crippen LogP contribution in [0.25, 0.3) is 11.8 Å². The monoisotopic (exact) mass is 292 g/mol. The first kappa shape index (κ1) is 12.2. The van der Waals surface area contributed by atoms with Crippen molar-refractivity contribution in [2.24, 2.45) is 0 Å². The van der Waals surface area contributed by atoms with Gasteiger partial charge in [0.05, 0.1) is 17.6 Å². The molecule has 4 heteroatoms. The Labute approximate surface area is 127 Å². The average Bonchev–Trinajstić information content (AvgIpc) is 2.84. The average molecular weight is 292 g/mol. The van der Waals surface area contributed by atoms with Gasteiger partial charge in [-0.25, -0.2) is 9.07 Å². The van der Waals surface area contributed by atoms with Crippen molar-refractivity contribution in [2.45, 2.75) is 30.5 Å². The smallest absolute Gasteiger partial charge is 0.163 e. The number of fused-ring (bicyclic) bond motifs is 1. The molecule has 0 amide bonds. The maximum Gasteiger partial charge on any atom is 0.163 e. The summed E-state index contributed by atoms with van der Waals surface area (Å²) in [4.78, 5) is 0. The Hall–Kier alpha value is -2.38. The highest BCUT2D eigenvalue weighted by Crippen LogP contribution is 2.65. The quantitative estimate of drug-likeness (QED) is 0.597. The Bertz CT molecular complexity index is 873. The van der Waals surface area contributed by atoms with Crippen molar-refractivity contribution in [3.8, 4) is 18.0 Å². The lowest BCUT2D eigenvalue weighted by molar-refractivity contribution is 0.271. The molecule has 1 aromatic heterocycles. The predicted octanol–water partition coefficient (Wildman–Crippen LogP) is 2.89. The Kier molecular flexibility index (Phi) is 2.04. The lowest BCUT2D eigenvalue weighted by atomic mass is 9.83. The minimum atomic E-state index is -0.394. The van der Waals surface area contributed by atoms with Crippen LogP contribution in [0.1, 0.15) is 24.1 Å². The third-order valence-corrected chi connectivity index (χ3v) is 5.17. The van der Waals surface area contributed by atoms with Gasteiger partial charge in [0.2, 0.25) is 0 Å². The number of epoxide rings is 1. The summed E-state index contributed by atoms with van der Waals surface area (Å²) in [6.45, 7) is 0. The topological polar surface area (TPSA) is 30.4 Å². The van der Waals surface area contributed by atoms with Gasteiger partial charge in [-0.15, -0.1) is 6.42 Å². The first-order valence-electron chi connectivity index (χ1n) is 7.39. The molecule has 22 heavy (non-hydrogen) atoms. The molecule has 0 bridgehead atoms. The van der Waals surface area contributed by atoms with Crippen molar-refractivity contribution in [2.75, 3.05) is 0 Å². The molecule has 1 saturated heterocycles. The van der Waals surface area contributed by atoms with Crippen LogP contribution < -0.4 is 0 Å². The zero-order valence-corrected chi connectivity index (χ0v) is 11.8. The number of benzene rings is 1. The lowest BCUT2D eigenvalue weighted by Gasteiger charge is -2.19. The van der Waals surface area contributed by atoms with Gasteiger partial charge in [0.25, 0.3) is 0 Å². The van der Waals surface area contributed by atoms with E-state index in [1.165, 1.54) is 17.7 Å². The molecule has 108 valence electrons. The molecule has 1 unspecified atom stereocenters. The van der Waals surface area contributed by atoms with Gasteiger partial charge in [-0.3, -0.25) is 0 Å². The van der Waals surface area contributed by atoms with Crippen molar-refractivity contribution < 1.29 is 9.13 Å². The first-order valence-corrected chi connectivity index (χ1v) is 7.39. The number of terminal acetylenes is 1. The second kappa shape index (κ2) is 3.68. The largest absolute Gasteiger partial charge is 0.344 e. The summed E-state index contributed by atoms with van der Waals surface area (Å²) in [7, 11) is 0. The van der Waals surface area contributed by atoms with Gasteiger partial charge < -0.3 is 4.74 Å². The molecule has 1 saturated carbocycles. The van der Waals surface area contributed by atoms with Crippen LogP contribution >= 0.6 is 0 Å². The van der Waals surface area contributed by atoms with Crippen LogP contribution in [0.4, 0.5) is 4.39 Å². The highest BCUT2D eigenvalue weighted by Gasteiger charge is 2.75. The van der Waals surface area contributed by atoms with Gasteiger partial charge in [-0.2, -0.15) is 5.10 Å². The maximum absolute atomic E-state index is 13.1. The number of nitrogens with zero attached hydrogens (tertiary/aromatic N) is 2. The highest BCUT2D eigenvalue weighted by atomic mass is 19.1. The van der Waals surface area contributed by atoms with Crippen molar-refractivity contribution >= 4 is 6.08 Å². The van der Waals surface area contributed by atoms with E-state index in [9.17, 15) is 4.39 Å². The summed E-state index contributed by atoms with van der Waals surface area (Å²) in [5.74, 6) is 2.60. The van der Waals surface area contributed by atoms with E-state index in [4.69, 9.17) is 11.2 Å². The number of hydrogen-bond donors (Lipinski definition) is 0. The number of hydrogen-bond acceptors (Lipinski definition) is 2. The van der Waals surface area contributed by atoms with Gasteiger partial charge in [0.15, 0.2) is 5.60 Å². The van der Waals surface area contributed by atoms with E-state index in [2.05, 4.69) is 17.1 Å². The zero-order chi connectivity index (χ0) is 14.9. The molecular weight excluding hydrogens is 279 g/mol. The normalized spacial score (nSPS) is 30.8. The fraction of sp³-hybridized carbons (Fsp3) is 0.278. The lowest BCUT2D eigenvalue weighted by Crippen LogP contribution is -2.25. The van der Waals surface area contributed by atoms with Crippen LogP contribution in [0.3, 0.4) is 0 Å². The molecule has 5 rings (SSSR count). The van der Waals surface area contributed by atoms with Gasteiger partial charge in [-0.1, -0.05) is 5.92 Å². The molecule has 2 atom stereocenters. The molecule has 3 aliphatic rings. The van der Waals surface area contributed by atoms with E-state index < -0.39 is 5.60 Å². The molecule has 2 heterocycles. The van der Waals surface area contributed by atoms with Crippen LogP contribution in [0, 0.1) is 18.2 Å². The van der Waals surface area contributed by atoms with E-state index in [-0.39, 0.29) is 11.4 Å². The van der Waals surface area contributed by atoms with E-state index in [0.29, 0.717) is 0 Å². The third kappa shape index (κ3) is 1.28. The van der Waals surface area contributed by atoms with E-state index in [1.54, 1.807) is 12.1 Å². The molecular formula is C18H13FN2O. The minimum absolute atomic E-state index is 0.247. The van der Waals surface area contributed by atoms with E-state index in [1.807, 2.05) is 10.9 Å². The van der Waals surface area contributed by atoms with Crippen molar-refractivity contribution in [3.05, 3.63) is 53.1 Å². The standard InChI is InChI=1S/C18H13FN2O/c1-2-17-8-7-13-9-16-12(10-18(13,17)22-17)11-20-21(16)15-5-3-14(19)4-6-15/h1,3-6,9,11H,7-8,10H2/t17-,18?/m0/s1. The van der Waals surface area contributed by atoms with Crippen LogP contribution in [0.5, 0.6) is 0 Å². The molecule has 3 nitrogen and oxygen atoms in total. The maximum atomic E-state index is 13.1. The van der Waals surface area contributed by atoms with Crippen molar-refractivity contribution in [3.63, 3.8) is 0 Å². The molecule has 1 aromatic carbocycles. The first-order chi connectivity index (χ1) is 10.7. The van der Waals surface area contributed by atoms with E-state index in [0.717, 1.165) is 36.2 Å². The summed E-state index contributed by atoms with van der Waals surface area (Å²) in [5, 5.41) is 4.47. The van der Waals surface area contributed by atoms with Crippen LogP contribution in [-0.4, -0.2) is 21.0 Å². The zero-order valence-electron chi connectivity index (χ0n) is 11.8. The summed E-state index contributed by atoms with van der Waals surface area (Å²) < 4.78 is 20.9. The minimum Gasteiger partial charge on any atom is -0.344 e. The van der Waals surface area contributed by atoms with Gasteiger partial charge in [-0.05, 0) is 48.8 Å². The van der Waals surface area contributed by atoms with E-state index >= 15 is 0 Å². The molecule has 1 spiro atoms. The molecule has 1 aliphatic heterocycles. The summed E-state index contributed by atoms with van der Waals surface area (Å²) >= 11 is 0. The Morgan fingerprint density at radius 2 is 2.14 bits per heavy atom. The molecule has 0 radical (unpaired) electrons. The SMILES string of the molecule is C#C[C@]12CCC3=Cc4c(cnn4-c4ccc(F)cc4)CC31O2. The van der Waals surface area contributed by atoms with Gasteiger partial charge in [0, 0.05) is 12.0 Å². The van der Waals surface area contributed by atoms with Gasteiger partial charge in [0.1, 0.15) is 11.4 Å². The summed E-state index contributed by atoms with van der Waals surface area (Å²) in [5.41, 5.74) is 3.62. The number of ether oxygens (including phenoxy) is 1. The summed E-state index contributed by atoms with van der Waals surface area (Å²) in [6.07, 6.45) is 12.3. The molecule has 0 N–H and O–H groups in total. The molecule has 2 aliphatic carbocycles. The fourth-order valence-electron chi connectivity index (χ4n) is 3.96. The summed E-state index contributed by atoms with van der Waals surface area (Å²) in [6, 6.07) is 6.37. The van der Waals surface area contributed by atoms with Gasteiger partial charge >= 0.3 is 0 Å². The number of aromatic nitrogens is 2. The predicted molar refractivity (Wildman–Crippen MR) is 79.8 cm³/mol. The van der Waals surface area contributed by atoms with Crippen molar-refractivity contribution in [1.82, 2.24) is 9.78 Å². The Balaban J connectivity index is 1.63. The highest BCUT2D eigenvalue weighted by molar-refractivity contribution is 5.68. The van der Waals surface area contributed by atoms with Crippen LogP contribution in [0.15, 0.2) is 36.0 Å². The fourth-order valence-corrected chi connectivity index (χ4v) is 3.96. The van der Waals surface area contributed by atoms with Crippen molar-refractivity contribution in [1.29, 1.82) is 0 Å². The number of rotatable bonds is 1. The Morgan fingerprint density at radius 3 is 2.86 bits per heavy atom. The number of halogens is 1. The molecule has 2 fully saturated rings. The Morgan fingerprint density at radius 1 is 1.32 bits per heavy atom.